The van der Waals surface area contributed by atoms with Crippen LogP contribution in [0.15, 0.2) is 53.4 Å². The summed E-state index contributed by atoms with van der Waals surface area (Å²) in [7, 11) is 0. The quantitative estimate of drug-likeness (QED) is 0.639. The van der Waals surface area contributed by atoms with Gasteiger partial charge >= 0.3 is 0 Å². The Hall–Kier alpha value is -1.74. The van der Waals surface area contributed by atoms with Gasteiger partial charge in [0, 0.05) is 17.0 Å². The smallest absolute Gasteiger partial charge is 0.251 e. The third-order valence-corrected chi connectivity index (χ3v) is 4.34. The molecule has 0 aliphatic heterocycles. The van der Waals surface area contributed by atoms with Crippen molar-refractivity contribution >= 4 is 17.7 Å². The molecule has 0 spiro atoms. The number of hydrogen-bond acceptors (Lipinski definition) is 2. The Morgan fingerprint density at radius 3 is 2.57 bits per heavy atom. The van der Waals surface area contributed by atoms with Crippen LogP contribution in [0.3, 0.4) is 0 Å². The molecule has 2 rings (SSSR count). The van der Waals surface area contributed by atoms with E-state index in [1.54, 1.807) is 0 Å². The fourth-order valence-electron chi connectivity index (χ4n) is 2.14. The highest BCUT2D eigenvalue weighted by atomic mass is 32.2. The van der Waals surface area contributed by atoms with Gasteiger partial charge in [-0.05, 0) is 49.8 Å². The average Bonchev–Trinajstić information content (AvgIpc) is 2.47. The first kappa shape index (κ1) is 15.6. The molecular formula is C18H21NOS. The van der Waals surface area contributed by atoms with Crippen molar-refractivity contribution in [3.63, 3.8) is 0 Å². The van der Waals surface area contributed by atoms with Gasteiger partial charge in [0.1, 0.15) is 0 Å². The maximum Gasteiger partial charge on any atom is 0.251 e. The molecule has 0 saturated heterocycles. The van der Waals surface area contributed by atoms with Crippen LogP contribution in [0.5, 0.6) is 0 Å². The summed E-state index contributed by atoms with van der Waals surface area (Å²) in [5.74, 6) is 1.04. The Morgan fingerprint density at radius 2 is 1.86 bits per heavy atom. The highest BCUT2D eigenvalue weighted by Crippen LogP contribution is 2.17. The first-order valence-corrected chi connectivity index (χ1v) is 8.18. The molecule has 2 aromatic rings. The first-order valence-electron chi connectivity index (χ1n) is 7.20. The molecule has 21 heavy (non-hydrogen) atoms. The molecule has 0 unspecified atom stereocenters. The molecule has 0 fully saturated rings. The maximum absolute atomic E-state index is 12.1. The van der Waals surface area contributed by atoms with Crippen LogP contribution >= 0.6 is 11.8 Å². The van der Waals surface area contributed by atoms with Crippen molar-refractivity contribution in [3.05, 3.63) is 65.2 Å². The zero-order chi connectivity index (χ0) is 15.1. The summed E-state index contributed by atoms with van der Waals surface area (Å²) < 4.78 is 0. The van der Waals surface area contributed by atoms with Crippen molar-refractivity contribution in [1.82, 2.24) is 5.32 Å². The molecule has 2 nitrogen and oxygen atoms in total. The molecule has 0 saturated carbocycles. The number of carbonyl (C=O) groups excluding carboxylic acids is 1. The van der Waals surface area contributed by atoms with Gasteiger partial charge in [0.2, 0.25) is 0 Å². The third kappa shape index (κ3) is 4.94. The van der Waals surface area contributed by atoms with Crippen LogP contribution in [0.2, 0.25) is 0 Å². The zero-order valence-corrected chi connectivity index (χ0v) is 13.4. The summed E-state index contributed by atoms with van der Waals surface area (Å²) in [6, 6.07) is 16.3. The number of aryl methyl sites for hydroxylation is 2. The fraction of sp³-hybridized carbons (Fsp3) is 0.278. The van der Waals surface area contributed by atoms with Crippen molar-refractivity contribution in [2.24, 2.45) is 0 Å². The molecular weight excluding hydrogens is 278 g/mol. The van der Waals surface area contributed by atoms with E-state index in [0.717, 1.165) is 23.3 Å². The van der Waals surface area contributed by atoms with E-state index in [1.165, 1.54) is 10.5 Å². The Labute approximate surface area is 131 Å². The van der Waals surface area contributed by atoms with Gasteiger partial charge in [-0.1, -0.05) is 35.9 Å². The minimum absolute atomic E-state index is 0.0252. The number of nitrogens with one attached hydrogen (secondary N) is 1. The number of carbonyl (C=O) groups is 1. The van der Waals surface area contributed by atoms with Crippen LogP contribution in [0.4, 0.5) is 0 Å². The van der Waals surface area contributed by atoms with Gasteiger partial charge in [0.25, 0.3) is 5.91 Å². The molecule has 2 aromatic carbocycles. The molecule has 3 heteroatoms. The second kappa shape index (κ2) is 7.89. The Bertz CT molecular complexity index is 595. The highest BCUT2D eigenvalue weighted by Gasteiger charge is 2.07. The molecule has 0 bridgehead atoms. The molecule has 1 amide bonds. The Morgan fingerprint density at radius 1 is 1.10 bits per heavy atom. The summed E-state index contributed by atoms with van der Waals surface area (Å²) in [5, 5.41) is 2.99. The molecule has 1 N–H and O–H groups in total. The number of rotatable bonds is 6. The molecule has 0 atom stereocenters. The molecule has 0 aliphatic carbocycles. The van der Waals surface area contributed by atoms with Crippen LogP contribution < -0.4 is 5.32 Å². The van der Waals surface area contributed by atoms with Crippen molar-refractivity contribution in [1.29, 1.82) is 0 Å². The Kier molecular flexibility index (Phi) is 5.88. The van der Waals surface area contributed by atoms with E-state index in [-0.39, 0.29) is 5.91 Å². The van der Waals surface area contributed by atoms with E-state index < -0.39 is 0 Å². The second-order valence-electron chi connectivity index (χ2n) is 5.09. The lowest BCUT2D eigenvalue weighted by Gasteiger charge is -2.08. The summed E-state index contributed by atoms with van der Waals surface area (Å²) in [5.41, 5.74) is 2.99. The number of hydrogen-bond donors (Lipinski definition) is 1. The highest BCUT2D eigenvalue weighted by molar-refractivity contribution is 7.99. The van der Waals surface area contributed by atoms with Crippen molar-refractivity contribution < 1.29 is 4.79 Å². The number of thioether (sulfide) groups is 1. The van der Waals surface area contributed by atoms with E-state index in [0.29, 0.717) is 6.54 Å². The molecule has 110 valence electrons. The monoisotopic (exact) mass is 299 g/mol. The zero-order valence-electron chi connectivity index (χ0n) is 12.6. The van der Waals surface area contributed by atoms with Crippen LogP contribution in [0.25, 0.3) is 0 Å². The van der Waals surface area contributed by atoms with Crippen LogP contribution in [-0.2, 0) is 0 Å². The lowest BCUT2D eigenvalue weighted by molar-refractivity contribution is 0.0953. The van der Waals surface area contributed by atoms with Crippen molar-refractivity contribution in [3.8, 4) is 0 Å². The lowest BCUT2D eigenvalue weighted by atomic mass is 10.1. The summed E-state index contributed by atoms with van der Waals surface area (Å²) >= 11 is 1.82. The minimum atomic E-state index is 0.0252. The molecule has 0 heterocycles. The predicted octanol–water partition coefficient (Wildman–Crippen LogP) is 4.22. The largest absolute Gasteiger partial charge is 0.352 e. The normalized spacial score (nSPS) is 10.4. The van der Waals surface area contributed by atoms with E-state index in [9.17, 15) is 4.79 Å². The number of amides is 1. The van der Waals surface area contributed by atoms with E-state index in [2.05, 4.69) is 17.4 Å². The van der Waals surface area contributed by atoms with E-state index in [4.69, 9.17) is 0 Å². The standard InChI is InChI=1S/C18H21NOS/c1-14-9-10-17(15(2)13-14)18(20)19-11-6-12-21-16-7-4-3-5-8-16/h3-5,7-10,13H,6,11-12H2,1-2H3,(H,19,20). The summed E-state index contributed by atoms with van der Waals surface area (Å²) in [6.07, 6.45) is 0.968. The van der Waals surface area contributed by atoms with E-state index >= 15 is 0 Å². The van der Waals surface area contributed by atoms with Crippen LogP contribution in [0.1, 0.15) is 27.9 Å². The average molecular weight is 299 g/mol. The summed E-state index contributed by atoms with van der Waals surface area (Å²) in [4.78, 5) is 13.4. The summed E-state index contributed by atoms with van der Waals surface area (Å²) in [6.45, 7) is 4.73. The SMILES string of the molecule is Cc1ccc(C(=O)NCCCSc2ccccc2)c(C)c1. The van der Waals surface area contributed by atoms with Gasteiger partial charge in [0.15, 0.2) is 0 Å². The second-order valence-corrected chi connectivity index (χ2v) is 6.26. The fourth-order valence-corrected chi connectivity index (χ4v) is 3.02. The van der Waals surface area contributed by atoms with Crippen LogP contribution in [0, 0.1) is 13.8 Å². The van der Waals surface area contributed by atoms with Gasteiger partial charge < -0.3 is 5.32 Å². The lowest BCUT2D eigenvalue weighted by Crippen LogP contribution is -2.25. The van der Waals surface area contributed by atoms with Gasteiger partial charge in [0.05, 0.1) is 0 Å². The Balaban J connectivity index is 1.72. The first-order chi connectivity index (χ1) is 10.2. The van der Waals surface area contributed by atoms with Crippen LogP contribution in [-0.4, -0.2) is 18.2 Å². The predicted molar refractivity (Wildman–Crippen MR) is 90.0 cm³/mol. The third-order valence-electron chi connectivity index (χ3n) is 3.25. The minimum Gasteiger partial charge on any atom is -0.352 e. The molecule has 0 aliphatic rings. The van der Waals surface area contributed by atoms with Gasteiger partial charge in [-0.25, -0.2) is 0 Å². The molecule has 0 aromatic heterocycles. The maximum atomic E-state index is 12.1. The van der Waals surface area contributed by atoms with E-state index in [1.807, 2.05) is 62.0 Å². The topological polar surface area (TPSA) is 29.1 Å². The van der Waals surface area contributed by atoms with Gasteiger partial charge in [-0.15, -0.1) is 11.8 Å². The van der Waals surface area contributed by atoms with Crippen molar-refractivity contribution in [2.75, 3.05) is 12.3 Å². The van der Waals surface area contributed by atoms with Gasteiger partial charge in [-0.3, -0.25) is 4.79 Å². The number of benzene rings is 2. The van der Waals surface area contributed by atoms with Gasteiger partial charge in [-0.2, -0.15) is 0 Å². The molecule has 0 radical (unpaired) electrons. The van der Waals surface area contributed by atoms with Crippen molar-refractivity contribution in [2.45, 2.75) is 25.2 Å².